The van der Waals surface area contributed by atoms with Crippen LogP contribution in [-0.2, 0) is 36.8 Å². The Labute approximate surface area is 147 Å². The third-order valence-corrected chi connectivity index (χ3v) is 6.99. The standard InChI is InChI=1S/C16H23N5O3S/c1-19-10-15(16(18-19)12-4-2-5-12)25(23,24)20-6-3-7-21-14(9-20)8-13(11-22)17-21/h8,10,12,22H,2-7,9,11H2,1H3. The molecule has 1 aliphatic carbocycles. The van der Waals surface area contributed by atoms with E-state index in [9.17, 15) is 13.5 Å². The number of aliphatic hydroxyl groups is 1. The minimum atomic E-state index is -3.61. The third kappa shape index (κ3) is 2.90. The Bertz CT molecular complexity index is 882. The summed E-state index contributed by atoms with van der Waals surface area (Å²) in [6, 6.07) is 1.78. The van der Waals surface area contributed by atoms with Crippen LogP contribution in [0.4, 0.5) is 0 Å². The van der Waals surface area contributed by atoms with Crippen molar-refractivity contribution in [3.63, 3.8) is 0 Å². The van der Waals surface area contributed by atoms with E-state index < -0.39 is 10.0 Å². The highest BCUT2D eigenvalue weighted by Gasteiger charge is 2.35. The first-order chi connectivity index (χ1) is 12.0. The number of fused-ring (bicyclic) bond motifs is 1. The van der Waals surface area contributed by atoms with Crippen LogP contribution in [0.1, 0.15) is 48.7 Å². The molecule has 3 heterocycles. The van der Waals surface area contributed by atoms with Crippen LogP contribution in [-0.4, -0.2) is 43.9 Å². The molecule has 136 valence electrons. The molecule has 0 amide bonds. The summed E-state index contributed by atoms with van der Waals surface area (Å²) < 4.78 is 31.5. The second kappa shape index (κ2) is 6.22. The van der Waals surface area contributed by atoms with Crippen LogP contribution in [0, 0.1) is 0 Å². The zero-order valence-corrected chi connectivity index (χ0v) is 15.1. The van der Waals surface area contributed by atoms with Crippen LogP contribution >= 0.6 is 0 Å². The molecule has 0 radical (unpaired) electrons. The summed E-state index contributed by atoms with van der Waals surface area (Å²) in [6.45, 7) is 1.25. The largest absolute Gasteiger partial charge is 0.390 e. The lowest BCUT2D eigenvalue weighted by Gasteiger charge is -2.26. The first-order valence-electron chi connectivity index (χ1n) is 8.69. The van der Waals surface area contributed by atoms with Gasteiger partial charge in [-0.05, 0) is 25.3 Å². The normalized spacial score (nSPS) is 19.4. The number of hydrogen-bond acceptors (Lipinski definition) is 5. The molecule has 1 N–H and O–H groups in total. The molecule has 4 rings (SSSR count). The molecule has 25 heavy (non-hydrogen) atoms. The van der Waals surface area contributed by atoms with Crippen molar-refractivity contribution in [3.05, 3.63) is 29.3 Å². The van der Waals surface area contributed by atoms with Crippen LogP contribution < -0.4 is 0 Å². The van der Waals surface area contributed by atoms with Crippen molar-refractivity contribution >= 4 is 10.0 Å². The van der Waals surface area contributed by atoms with Gasteiger partial charge in [0, 0.05) is 32.3 Å². The molecule has 1 aliphatic heterocycles. The molecule has 9 heteroatoms. The van der Waals surface area contributed by atoms with Crippen molar-refractivity contribution in [1.29, 1.82) is 0 Å². The summed E-state index contributed by atoms with van der Waals surface area (Å²) in [5.41, 5.74) is 2.10. The maximum Gasteiger partial charge on any atom is 0.246 e. The van der Waals surface area contributed by atoms with Crippen molar-refractivity contribution in [2.24, 2.45) is 7.05 Å². The monoisotopic (exact) mass is 365 g/mol. The van der Waals surface area contributed by atoms with Gasteiger partial charge in [0.1, 0.15) is 4.90 Å². The zero-order valence-electron chi connectivity index (χ0n) is 14.3. The SMILES string of the molecule is Cn1cc(S(=O)(=O)N2CCCn3nc(CO)cc3C2)c(C2CCC2)n1. The van der Waals surface area contributed by atoms with E-state index in [1.807, 2.05) is 0 Å². The maximum atomic E-state index is 13.3. The van der Waals surface area contributed by atoms with Crippen molar-refractivity contribution in [2.75, 3.05) is 6.54 Å². The van der Waals surface area contributed by atoms with E-state index in [1.165, 1.54) is 4.31 Å². The minimum Gasteiger partial charge on any atom is -0.390 e. The van der Waals surface area contributed by atoms with E-state index >= 15 is 0 Å². The fraction of sp³-hybridized carbons (Fsp3) is 0.625. The van der Waals surface area contributed by atoms with E-state index in [4.69, 9.17) is 0 Å². The average molecular weight is 365 g/mol. The first-order valence-corrected chi connectivity index (χ1v) is 10.1. The molecule has 0 saturated heterocycles. The smallest absolute Gasteiger partial charge is 0.246 e. The lowest BCUT2D eigenvalue weighted by atomic mass is 9.83. The molecular weight excluding hydrogens is 342 g/mol. The van der Waals surface area contributed by atoms with Gasteiger partial charge in [-0.3, -0.25) is 9.36 Å². The first kappa shape index (κ1) is 16.7. The van der Waals surface area contributed by atoms with Gasteiger partial charge in [0.2, 0.25) is 10.0 Å². The average Bonchev–Trinajstić information content (AvgIpc) is 3.03. The Morgan fingerprint density at radius 3 is 2.72 bits per heavy atom. The molecule has 1 fully saturated rings. The number of nitrogens with zero attached hydrogens (tertiary/aromatic N) is 5. The number of hydrogen-bond donors (Lipinski definition) is 1. The Morgan fingerprint density at radius 1 is 1.24 bits per heavy atom. The van der Waals surface area contributed by atoms with Gasteiger partial charge in [0.25, 0.3) is 0 Å². The molecule has 8 nitrogen and oxygen atoms in total. The van der Waals surface area contributed by atoms with Gasteiger partial charge in [-0.1, -0.05) is 6.42 Å². The van der Waals surface area contributed by atoms with E-state index in [0.29, 0.717) is 35.8 Å². The zero-order chi connectivity index (χ0) is 17.6. The van der Waals surface area contributed by atoms with Gasteiger partial charge < -0.3 is 5.11 Å². The highest BCUT2D eigenvalue weighted by atomic mass is 32.2. The molecule has 0 spiro atoms. The Kier molecular flexibility index (Phi) is 4.17. The van der Waals surface area contributed by atoms with E-state index in [-0.39, 0.29) is 19.1 Å². The van der Waals surface area contributed by atoms with Gasteiger partial charge in [0.05, 0.1) is 30.2 Å². The molecule has 2 aliphatic rings. The van der Waals surface area contributed by atoms with E-state index in [0.717, 1.165) is 25.0 Å². The summed E-state index contributed by atoms with van der Waals surface area (Å²) >= 11 is 0. The molecular formula is C16H23N5O3S. The second-order valence-corrected chi connectivity index (χ2v) is 8.79. The molecule has 0 atom stereocenters. The Morgan fingerprint density at radius 2 is 2.04 bits per heavy atom. The summed E-state index contributed by atoms with van der Waals surface area (Å²) in [5, 5.41) is 18.0. The third-order valence-electron chi connectivity index (χ3n) is 5.12. The van der Waals surface area contributed by atoms with Crippen LogP contribution in [0.5, 0.6) is 0 Å². The quantitative estimate of drug-likeness (QED) is 0.871. The summed E-state index contributed by atoms with van der Waals surface area (Å²) in [4.78, 5) is 0.343. The second-order valence-electron chi connectivity index (χ2n) is 6.88. The Balaban J connectivity index is 1.68. The lowest BCUT2D eigenvalue weighted by Crippen LogP contribution is -2.31. The molecule has 0 unspecified atom stereocenters. The van der Waals surface area contributed by atoms with Gasteiger partial charge in [-0.25, -0.2) is 8.42 Å². The molecule has 2 aromatic rings. The molecule has 2 aromatic heterocycles. The number of aliphatic hydroxyl groups excluding tert-OH is 1. The fourth-order valence-electron chi connectivity index (χ4n) is 3.56. The lowest BCUT2D eigenvalue weighted by molar-refractivity contribution is 0.275. The van der Waals surface area contributed by atoms with Crippen molar-refractivity contribution in [3.8, 4) is 0 Å². The predicted molar refractivity (Wildman–Crippen MR) is 90.2 cm³/mol. The topological polar surface area (TPSA) is 93.2 Å². The van der Waals surface area contributed by atoms with Crippen LogP contribution in [0.3, 0.4) is 0 Å². The van der Waals surface area contributed by atoms with E-state index in [1.54, 1.807) is 28.7 Å². The maximum absolute atomic E-state index is 13.3. The number of rotatable bonds is 4. The van der Waals surface area contributed by atoms with Gasteiger partial charge in [0.15, 0.2) is 0 Å². The molecule has 1 saturated carbocycles. The van der Waals surface area contributed by atoms with Crippen LogP contribution in [0.25, 0.3) is 0 Å². The highest BCUT2D eigenvalue weighted by Crippen LogP contribution is 2.39. The molecule has 0 bridgehead atoms. The minimum absolute atomic E-state index is 0.138. The fourth-order valence-corrected chi connectivity index (χ4v) is 5.27. The van der Waals surface area contributed by atoms with Crippen molar-refractivity contribution in [2.45, 2.75) is 56.2 Å². The Hall–Kier alpha value is -1.71. The van der Waals surface area contributed by atoms with Crippen molar-refractivity contribution < 1.29 is 13.5 Å². The van der Waals surface area contributed by atoms with Gasteiger partial charge in [-0.2, -0.15) is 14.5 Å². The summed E-state index contributed by atoms with van der Waals surface area (Å²) in [5.74, 6) is 0.254. The summed E-state index contributed by atoms with van der Waals surface area (Å²) in [6.07, 6.45) is 5.47. The number of sulfonamides is 1. The van der Waals surface area contributed by atoms with Crippen LogP contribution in [0.15, 0.2) is 17.2 Å². The molecule has 0 aromatic carbocycles. The van der Waals surface area contributed by atoms with Gasteiger partial charge >= 0.3 is 0 Å². The summed E-state index contributed by atoms with van der Waals surface area (Å²) in [7, 11) is -1.84. The number of aryl methyl sites for hydroxylation is 2. The highest BCUT2D eigenvalue weighted by molar-refractivity contribution is 7.89. The predicted octanol–water partition coefficient (Wildman–Crippen LogP) is 0.971. The number of aromatic nitrogens is 4. The van der Waals surface area contributed by atoms with Gasteiger partial charge in [-0.15, -0.1) is 0 Å². The van der Waals surface area contributed by atoms with Crippen molar-refractivity contribution in [1.82, 2.24) is 23.9 Å². The van der Waals surface area contributed by atoms with Crippen LogP contribution in [0.2, 0.25) is 0 Å². The van der Waals surface area contributed by atoms with E-state index in [2.05, 4.69) is 10.2 Å².